The van der Waals surface area contributed by atoms with Gasteiger partial charge in [0.25, 0.3) is 0 Å². The van der Waals surface area contributed by atoms with E-state index in [-0.39, 0.29) is 5.43 Å². The summed E-state index contributed by atoms with van der Waals surface area (Å²) in [6.45, 7) is -0.746. The van der Waals surface area contributed by atoms with Crippen LogP contribution in [0.1, 0.15) is 0 Å². The van der Waals surface area contributed by atoms with Gasteiger partial charge in [-0.1, -0.05) is 12.1 Å². The van der Waals surface area contributed by atoms with Crippen molar-refractivity contribution >= 4 is 31.5 Å². The van der Waals surface area contributed by atoms with Gasteiger partial charge in [-0.15, -0.1) is 11.3 Å². The highest BCUT2D eigenvalue weighted by atomic mass is 32.1. The summed E-state index contributed by atoms with van der Waals surface area (Å²) in [5.74, 6) is 1.19. The third-order valence-corrected chi connectivity index (χ3v) is 4.48. The van der Waals surface area contributed by atoms with E-state index in [1.165, 1.54) is 18.4 Å². The molecule has 0 amide bonds. The summed E-state index contributed by atoms with van der Waals surface area (Å²) in [6, 6.07) is 11.1. The minimum absolute atomic E-state index is 0.0154. The molecule has 0 fully saturated rings. The Balaban J connectivity index is 2.10. The van der Waals surface area contributed by atoms with E-state index in [4.69, 9.17) is 14.2 Å². The number of hydrogen-bond donors (Lipinski definition) is 0. The maximum absolute atomic E-state index is 12.5. The summed E-state index contributed by atoms with van der Waals surface area (Å²) >= 11 is 1.52. The van der Waals surface area contributed by atoms with Crippen LogP contribution < -0.4 is 14.9 Å². The Bertz CT molecular complexity index is 884. The molecule has 2 heterocycles. The fourth-order valence-corrected chi connectivity index (χ4v) is 3.50. The third kappa shape index (κ3) is 1.54. The molecule has 1 aliphatic heterocycles. The lowest BCUT2D eigenvalue weighted by Crippen LogP contribution is -2.19. The van der Waals surface area contributed by atoms with Crippen molar-refractivity contribution in [2.75, 3.05) is 7.11 Å². The molecule has 0 saturated carbocycles. The molecule has 1 unspecified atom stereocenters. The molecule has 2 aromatic carbocycles. The van der Waals surface area contributed by atoms with E-state index < -0.39 is 6.48 Å². The summed E-state index contributed by atoms with van der Waals surface area (Å²) in [6.07, 6.45) is 0. The van der Waals surface area contributed by atoms with Crippen molar-refractivity contribution in [3.63, 3.8) is 0 Å². The van der Waals surface area contributed by atoms with E-state index in [2.05, 4.69) is 0 Å². The van der Waals surface area contributed by atoms with Gasteiger partial charge < -0.3 is 14.2 Å². The first-order valence-electron chi connectivity index (χ1n) is 6.12. The van der Waals surface area contributed by atoms with Crippen LogP contribution in [0.2, 0.25) is 0 Å². The van der Waals surface area contributed by atoms with Crippen molar-refractivity contribution in [3.05, 3.63) is 46.6 Å². The summed E-state index contributed by atoms with van der Waals surface area (Å²) < 4.78 is 17.8. The molecule has 1 aliphatic rings. The molecule has 3 aromatic rings. The van der Waals surface area contributed by atoms with E-state index in [0.717, 1.165) is 14.8 Å². The molecule has 4 rings (SSSR count). The smallest absolute Gasteiger partial charge is 0.360 e. The third-order valence-electron chi connectivity index (χ3n) is 3.29. The first-order chi connectivity index (χ1) is 9.78. The lowest BCUT2D eigenvalue weighted by molar-refractivity contribution is -0.157. The molecule has 1 atom stereocenters. The van der Waals surface area contributed by atoms with Gasteiger partial charge in [-0.05, 0) is 24.3 Å². The molecule has 5 heteroatoms. The van der Waals surface area contributed by atoms with E-state index in [9.17, 15) is 4.79 Å². The first kappa shape index (κ1) is 11.7. The Morgan fingerprint density at radius 3 is 2.80 bits per heavy atom. The van der Waals surface area contributed by atoms with Crippen molar-refractivity contribution in [3.8, 4) is 11.5 Å². The van der Waals surface area contributed by atoms with Crippen LogP contribution in [0, 0.1) is 0 Å². The van der Waals surface area contributed by atoms with Gasteiger partial charge in [-0.3, -0.25) is 4.79 Å². The maximum Gasteiger partial charge on any atom is 0.360 e. The Morgan fingerprint density at radius 1 is 1.10 bits per heavy atom. The number of rotatable bonds is 1. The van der Waals surface area contributed by atoms with Crippen LogP contribution in [-0.2, 0) is 4.74 Å². The molecule has 0 N–H and O–H groups in total. The number of methoxy groups -OCH3 is 1. The summed E-state index contributed by atoms with van der Waals surface area (Å²) in [4.78, 5) is 12.5. The van der Waals surface area contributed by atoms with Crippen LogP contribution in [-0.4, -0.2) is 13.6 Å². The molecule has 0 radical (unpaired) electrons. The molecule has 0 aliphatic carbocycles. The second-order valence-corrected chi connectivity index (χ2v) is 5.51. The zero-order chi connectivity index (χ0) is 13.7. The van der Waals surface area contributed by atoms with Crippen molar-refractivity contribution in [2.24, 2.45) is 0 Å². The number of benzene rings is 2. The number of ether oxygens (including phenoxy) is 3. The second kappa shape index (κ2) is 4.19. The van der Waals surface area contributed by atoms with Crippen LogP contribution in [0.3, 0.4) is 0 Å². The van der Waals surface area contributed by atoms with E-state index in [0.29, 0.717) is 16.9 Å². The molecule has 0 saturated heterocycles. The van der Waals surface area contributed by atoms with Crippen LogP contribution in [0.4, 0.5) is 0 Å². The zero-order valence-electron chi connectivity index (χ0n) is 10.6. The van der Waals surface area contributed by atoms with Gasteiger partial charge in [-0.2, -0.15) is 0 Å². The molecule has 100 valence electrons. The van der Waals surface area contributed by atoms with E-state index in [1.54, 1.807) is 12.1 Å². The molecular weight excluding hydrogens is 276 g/mol. The van der Waals surface area contributed by atoms with E-state index >= 15 is 0 Å². The highest BCUT2D eigenvalue weighted by molar-refractivity contribution is 7.24. The van der Waals surface area contributed by atoms with Gasteiger partial charge in [0.1, 0.15) is 0 Å². The number of hydrogen-bond acceptors (Lipinski definition) is 5. The fourth-order valence-electron chi connectivity index (χ4n) is 2.35. The topological polar surface area (TPSA) is 44.8 Å². The van der Waals surface area contributed by atoms with Crippen molar-refractivity contribution in [2.45, 2.75) is 6.48 Å². The normalized spacial score (nSPS) is 16.9. The Morgan fingerprint density at radius 2 is 1.95 bits per heavy atom. The summed E-state index contributed by atoms with van der Waals surface area (Å²) in [7, 11) is 1.51. The molecule has 0 bridgehead atoms. The van der Waals surface area contributed by atoms with Gasteiger partial charge in [0.05, 0.1) is 4.70 Å². The van der Waals surface area contributed by atoms with E-state index in [1.807, 2.05) is 24.3 Å². The highest BCUT2D eigenvalue weighted by Gasteiger charge is 2.27. The Kier molecular flexibility index (Phi) is 2.45. The standard InChI is InChI=1S/C15H10O4S/c1-17-15-18-10-7-6-9-12(16)8-4-2-3-5-11(8)20-14(9)13(10)19-15/h2-7,15H,1H3. The van der Waals surface area contributed by atoms with Crippen LogP contribution in [0.25, 0.3) is 20.2 Å². The predicted molar refractivity (Wildman–Crippen MR) is 77.7 cm³/mol. The SMILES string of the molecule is COC1Oc2ccc3c(=O)c4ccccc4sc3c2O1. The van der Waals surface area contributed by atoms with Crippen LogP contribution >= 0.6 is 11.3 Å². The average Bonchev–Trinajstić information content (AvgIpc) is 2.91. The van der Waals surface area contributed by atoms with Gasteiger partial charge in [0.2, 0.25) is 0 Å². The largest absolute Gasteiger partial charge is 0.428 e. The van der Waals surface area contributed by atoms with Gasteiger partial charge in [-0.25, -0.2) is 0 Å². The van der Waals surface area contributed by atoms with Crippen molar-refractivity contribution in [1.82, 2.24) is 0 Å². The van der Waals surface area contributed by atoms with Crippen LogP contribution in [0.5, 0.6) is 11.5 Å². The Hall–Kier alpha value is -2.11. The average molecular weight is 286 g/mol. The molecule has 1 aromatic heterocycles. The van der Waals surface area contributed by atoms with Crippen LogP contribution in [0.15, 0.2) is 41.2 Å². The first-order valence-corrected chi connectivity index (χ1v) is 6.94. The molecule has 0 spiro atoms. The predicted octanol–water partition coefficient (Wildman–Crippen LogP) is 3.12. The van der Waals surface area contributed by atoms with Crippen molar-refractivity contribution in [1.29, 1.82) is 0 Å². The minimum Gasteiger partial charge on any atom is -0.428 e. The summed E-state index contributed by atoms with van der Waals surface area (Å²) in [5.41, 5.74) is 0.0154. The maximum atomic E-state index is 12.5. The van der Waals surface area contributed by atoms with Crippen molar-refractivity contribution < 1.29 is 14.2 Å². The molecule has 20 heavy (non-hydrogen) atoms. The second-order valence-electron chi connectivity index (χ2n) is 4.46. The monoisotopic (exact) mass is 286 g/mol. The molecular formula is C15H10O4S. The highest BCUT2D eigenvalue weighted by Crippen LogP contribution is 2.43. The Labute approximate surface area is 118 Å². The lowest BCUT2D eigenvalue weighted by atomic mass is 10.1. The fraction of sp³-hybridized carbons (Fsp3) is 0.133. The van der Waals surface area contributed by atoms with Gasteiger partial charge in [0, 0.05) is 22.6 Å². The summed E-state index contributed by atoms with van der Waals surface area (Å²) in [5, 5.41) is 1.37. The van der Waals surface area contributed by atoms with Gasteiger partial charge >= 0.3 is 6.48 Å². The minimum atomic E-state index is -0.746. The number of fused-ring (bicyclic) bond motifs is 4. The molecule has 4 nitrogen and oxygen atoms in total. The van der Waals surface area contributed by atoms with Gasteiger partial charge in [0.15, 0.2) is 16.9 Å². The quantitative estimate of drug-likeness (QED) is 0.645. The zero-order valence-corrected chi connectivity index (χ0v) is 11.4. The lowest BCUT2D eigenvalue weighted by Gasteiger charge is -2.06.